The van der Waals surface area contributed by atoms with Gasteiger partial charge in [-0.3, -0.25) is 0 Å². The standard InChI is InChI=1S/C14H13IOS/c1-2-10-9-13(7-8-14(10)16)17-12-5-3-11(15)4-6-12/h3-9,16H,2H2,1H3. The van der Waals surface area contributed by atoms with E-state index in [0.29, 0.717) is 5.75 Å². The highest BCUT2D eigenvalue weighted by Crippen LogP contribution is 2.31. The molecule has 0 bridgehead atoms. The highest BCUT2D eigenvalue weighted by Gasteiger charge is 2.02. The van der Waals surface area contributed by atoms with Crippen LogP contribution in [0.4, 0.5) is 0 Å². The third-order valence-electron chi connectivity index (χ3n) is 2.48. The Morgan fingerprint density at radius 2 is 1.71 bits per heavy atom. The average Bonchev–Trinajstić information content (AvgIpc) is 2.34. The van der Waals surface area contributed by atoms with Gasteiger partial charge in [-0.2, -0.15) is 0 Å². The summed E-state index contributed by atoms with van der Waals surface area (Å²) in [5, 5.41) is 9.63. The Kier molecular flexibility index (Phi) is 4.34. The molecule has 0 unspecified atom stereocenters. The Labute approximate surface area is 119 Å². The Morgan fingerprint density at radius 1 is 1.06 bits per heavy atom. The first-order valence-electron chi connectivity index (χ1n) is 5.44. The van der Waals surface area contributed by atoms with E-state index in [9.17, 15) is 5.11 Å². The molecule has 88 valence electrons. The van der Waals surface area contributed by atoms with Gasteiger partial charge in [-0.15, -0.1) is 0 Å². The highest BCUT2D eigenvalue weighted by molar-refractivity contribution is 14.1. The lowest BCUT2D eigenvalue weighted by Crippen LogP contribution is -1.82. The predicted molar refractivity (Wildman–Crippen MR) is 80.8 cm³/mol. The van der Waals surface area contributed by atoms with E-state index in [1.807, 2.05) is 13.0 Å². The van der Waals surface area contributed by atoms with E-state index in [4.69, 9.17) is 0 Å². The SMILES string of the molecule is CCc1cc(Sc2ccc(I)cc2)ccc1O. The van der Waals surface area contributed by atoms with Crippen molar-refractivity contribution in [2.75, 3.05) is 0 Å². The maximum Gasteiger partial charge on any atom is 0.118 e. The van der Waals surface area contributed by atoms with Crippen molar-refractivity contribution in [3.63, 3.8) is 0 Å². The Hall–Kier alpha value is -0.680. The number of phenolic OH excluding ortho intramolecular Hbond substituents is 1. The van der Waals surface area contributed by atoms with Gasteiger partial charge in [-0.25, -0.2) is 0 Å². The van der Waals surface area contributed by atoms with Crippen LogP contribution in [0, 0.1) is 3.57 Å². The minimum atomic E-state index is 0.388. The van der Waals surface area contributed by atoms with Gasteiger partial charge in [0.05, 0.1) is 0 Å². The fraction of sp³-hybridized carbons (Fsp3) is 0.143. The topological polar surface area (TPSA) is 20.2 Å². The molecule has 0 aromatic heterocycles. The fourth-order valence-corrected chi connectivity index (χ4v) is 2.79. The molecule has 0 amide bonds. The zero-order valence-electron chi connectivity index (χ0n) is 9.48. The molecule has 0 saturated heterocycles. The van der Waals surface area contributed by atoms with Crippen molar-refractivity contribution in [2.45, 2.75) is 23.1 Å². The van der Waals surface area contributed by atoms with Crippen LogP contribution < -0.4 is 0 Å². The van der Waals surface area contributed by atoms with Gasteiger partial charge in [0.15, 0.2) is 0 Å². The molecule has 17 heavy (non-hydrogen) atoms. The molecule has 0 spiro atoms. The summed E-state index contributed by atoms with van der Waals surface area (Å²) in [5.41, 5.74) is 1.00. The normalized spacial score (nSPS) is 10.5. The number of hydrogen-bond donors (Lipinski definition) is 1. The predicted octanol–water partition coefficient (Wildman–Crippen LogP) is 4.71. The number of halogens is 1. The summed E-state index contributed by atoms with van der Waals surface area (Å²) < 4.78 is 1.24. The number of benzene rings is 2. The first kappa shape index (κ1) is 12.8. The molecule has 0 radical (unpaired) electrons. The molecule has 0 aliphatic carbocycles. The third kappa shape index (κ3) is 3.39. The van der Waals surface area contributed by atoms with Gasteiger partial charge in [0.2, 0.25) is 0 Å². The average molecular weight is 356 g/mol. The number of hydrogen-bond acceptors (Lipinski definition) is 2. The Bertz CT molecular complexity index is 508. The second-order valence-electron chi connectivity index (χ2n) is 3.70. The van der Waals surface area contributed by atoms with Crippen molar-refractivity contribution in [1.82, 2.24) is 0 Å². The van der Waals surface area contributed by atoms with Gasteiger partial charge in [0.25, 0.3) is 0 Å². The van der Waals surface area contributed by atoms with Crippen LogP contribution in [0.15, 0.2) is 52.3 Å². The van der Waals surface area contributed by atoms with Gasteiger partial charge in [0.1, 0.15) is 5.75 Å². The van der Waals surface area contributed by atoms with Gasteiger partial charge >= 0.3 is 0 Å². The van der Waals surface area contributed by atoms with E-state index in [0.717, 1.165) is 12.0 Å². The smallest absolute Gasteiger partial charge is 0.118 e. The van der Waals surface area contributed by atoms with Crippen molar-refractivity contribution in [2.24, 2.45) is 0 Å². The lowest BCUT2D eigenvalue weighted by Gasteiger charge is -2.06. The monoisotopic (exact) mass is 356 g/mol. The molecule has 2 aromatic rings. The van der Waals surface area contributed by atoms with Gasteiger partial charge in [-0.05, 0) is 77.0 Å². The van der Waals surface area contributed by atoms with Crippen LogP contribution in [0.5, 0.6) is 5.75 Å². The molecule has 0 heterocycles. The lowest BCUT2D eigenvalue weighted by molar-refractivity contribution is 0.468. The van der Waals surface area contributed by atoms with E-state index in [1.54, 1.807) is 17.8 Å². The molecule has 0 aliphatic heterocycles. The summed E-state index contributed by atoms with van der Waals surface area (Å²) in [6.45, 7) is 2.05. The number of aromatic hydroxyl groups is 1. The molecule has 2 rings (SSSR count). The molecule has 1 N–H and O–H groups in total. The molecule has 0 fully saturated rings. The molecule has 2 aromatic carbocycles. The fourth-order valence-electron chi connectivity index (χ4n) is 1.55. The molecule has 0 saturated carbocycles. The minimum absolute atomic E-state index is 0.388. The quantitative estimate of drug-likeness (QED) is 0.804. The van der Waals surface area contributed by atoms with Crippen LogP contribution in [0.25, 0.3) is 0 Å². The number of aryl methyl sites for hydroxylation is 1. The third-order valence-corrected chi connectivity index (χ3v) is 4.20. The van der Waals surface area contributed by atoms with Crippen LogP contribution >= 0.6 is 34.4 Å². The summed E-state index contributed by atoms with van der Waals surface area (Å²) in [4.78, 5) is 2.39. The molecule has 0 aliphatic rings. The van der Waals surface area contributed by atoms with Gasteiger partial charge in [-0.1, -0.05) is 18.7 Å². The van der Waals surface area contributed by atoms with Crippen molar-refractivity contribution < 1.29 is 5.11 Å². The Balaban J connectivity index is 2.21. The van der Waals surface area contributed by atoms with Crippen LogP contribution in [0.2, 0.25) is 0 Å². The second kappa shape index (κ2) is 5.78. The summed E-state index contributed by atoms with van der Waals surface area (Å²) >= 11 is 4.02. The van der Waals surface area contributed by atoms with Crippen molar-refractivity contribution in [3.05, 3.63) is 51.6 Å². The molecule has 0 atom stereocenters. The maximum atomic E-state index is 9.63. The van der Waals surface area contributed by atoms with Crippen molar-refractivity contribution in [1.29, 1.82) is 0 Å². The van der Waals surface area contributed by atoms with E-state index in [2.05, 4.69) is 52.9 Å². The zero-order chi connectivity index (χ0) is 12.3. The van der Waals surface area contributed by atoms with E-state index < -0.39 is 0 Å². The summed E-state index contributed by atoms with van der Waals surface area (Å²) in [5.74, 6) is 0.388. The summed E-state index contributed by atoms with van der Waals surface area (Å²) in [6.07, 6.45) is 0.854. The zero-order valence-corrected chi connectivity index (χ0v) is 12.5. The van der Waals surface area contributed by atoms with Crippen LogP contribution in [0.3, 0.4) is 0 Å². The van der Waals surface area contributed by atoms with Gasteiger partial charge in [0, 0.05) is 13.4 Å². The minimum Gasteiger partial charge on any atom is -0.508 e. The van der Waals surface area contributed by atoms with Crippen LogP contribution in [0.1, 0.15) is 12.5 Å². The summed E-state index contributed by atoms with van der Waals surface area (Å²) in [6, 6.07) is 14.2. The van der Waals surface area contributed by atoms with Crippen LogP contribution in [-0.2, 0) is 6.42 Å². The second-order valence-corrected chi connectivity index (χ2v) is 6.09. The van der Waals surface area contributed by atoms with E-state index in [-0.39, 0.29) is 0 Å². The molecular formula is C14H13IOS. The molecule has 1 nitrogen and oxygen atoms in total. The van der Waals surface area contributed by atoms with Crippen molar-refractivity contribution in [3.8, 4) is 5.75 Å². The lowest BCUT2D eigenvalue weighted by atomic mass is 10.1. The van der Waals surface area contributed by atoms with Crippen molar-refractivity contribution >= 4 is 34.4 Å². The first-order chi connectivity index (χ1) is 8.19. The molecule has 3 heteroatoms. The number of phenols is 1. The Morgan fingerprint density at radius 3 is 2.35 bits per heavy atom. The largest absolute Gasteiger partial charge is 0.508 e. The first-order valence-corrected chi connectivity index (χ1v) is 7.34. The number of rotatable bonds is 3. The van der Waals surface area contributed by atoms with E-state index >= 15 is 0 Å². The van der Waals surface area contributed by atoms with Crippen LogP contribution in [-0.4, -0.2) is 5.11 Å². The maximum absolute atomic E-state index is 9.63. The highest BCUT2D eigenvalue weighted by atomic mass is 127. The molecular weight excluding hydrogens is 343 g/mol. The summed E-state index contributed by atoms with van der Waals surface area (Å²) in [7, 11) is 0. The van der Waals surface area contributed by atoms with E-state index in [1.165, 1.54) is 13.4 Å². The van der Waals surface area contributed by atoms with Gasteiger partial charge < -0.3 is 5.11 Å².